The molecule has 1 saturated heterocycles. The molecule has 2 aromatic rings. The summed E-state index contributed by atoms with van der Waals surface area (Å²) in [7, 11) is 0. The molecule has 0 aliphatic carbocycles. The molecule has 0 saturated carbocycles. The van der Waals surface area contributed by atoms with E-state index in [-0.39, 0.29) is 11.9 Å². The van der Waals surface area contributed by atoms with E-state index >= 15 is 0 Å². The number of carbonyl (C=O) groups excluding carboxylic acids is 1. The second-order valence-electron chi connectivity index (χ2n) is 6.83. The molecule has 1 unspecified atom stereocenters. The van der Waals surface area contributed by atoms with Crippen LogP contribution >= 0.6 is 23.2 Å². The number of nitrogens with one attached hydrogen (secondary N) is 1. The largest absolute Gasteiger partial charge is 0.348 e. The average Bonchev–Trinajstić information content (AvgIpc) is 2.64. The Kier molecular flexibility index (Phi) is 7.07. The van der Waals surface area contributed by atoms with Crippen LogP contribution in [0.3, 0.4) is 0 Å². The van der Waals surface area contributed by atoms with Crippen molar-refractivity contribution in [3.63, 3.8) is 0 Å². The van der Waals surface area contributed by atoms with Crippen molar-refractivity contribution in [1.29, 1.82) is 0 Å². The molecule has 5 nitrogen and oxygen atoms in total. The summed E-state index contributed by atoms with van der Waals surface area (Å²) in [5, 5.41) is 4.18. The molecule has 0 bridgehead atoms. The number of amides is 1. The van der Waals surface area contributed by atoms with Crippen molar-refractivity contribution in [2.75, 3.05) is 32.7 Å². The van der Waals surface area contributed by atoms with Gasteiger partial charge in [-0.15, -0.1) is 0 Å². The van der Waals surface area contributed by atoms with Gasteiger partial charge >= 0.3 is 0 Å². The van der Waals surface area contributed by atoms with Gasteiger partial charge in [-0.3, -0.25) is 19.6 Å². The van der Waals surface area contributed by atoms with Gasteiger partial charge in [0.05, 0.1) is 18.3 Å². The molecule has 1 N–H and O–H groups in total. The molecule has 2 heterocycles. The van der Waals surface area contributed by atoms with Crippen molar-refractivity contribution in [2.45, 2.75) is 19.5 Å². The molecule has 1 aromatic carbocycles. The zero-order chi connectivity index (χ0) is 19.2. The molecule has 1 atom stereocenters. The lowest BCUT2D eigenvalue weighted by molar-refractivity contribution is -0.123. The monoisotopic (exact) mass is 406 g/mol. The van der Waals surface area contributed by atoms with Crippen molar-refractivity contribution in [1.82, 2.24) is 20.1 Å². The third kappa shape index (κ3) is 5.91. The summed E-state index contributed by atoms with van der Waals surface area (Å²) in [4.78, 5) is 21.3. The molecule has 0 spiro atoms. The maximum absolute atomic E-state index is 12.4. The van der Waals surface area contributed by atoms with Crippen LogP contribution < -0.4 is 5.32 Å². The number of benzene rings is 1. The third-order valence-electron chi connectivity index (χ3n) is 4.75. The first-order valence-corrected chi connectivity index (χ1v) is 9.86. The molecule has 27 heavy (non-hydrogen) atoms. The lowest BCUT2D eigenvalue weighted by atomic mass is 10.1. The van der Waals surface area contributed by atoms with Gasteiger partial charge in [0.15, 0.2) is 0 Å². The van der Waals surface area contributed by atoms with Crippen molar-refractivity contribution >= 4 is 29.1 Å². The zero-order valence-corrected chi connectivity index (χ0v) is 16.9. The molecule has 7 heteroatoms. The Labute approximate surface area is 170 Å². The Balaban J connectivity index is 1.44. The van der Waals surface area contributed by atoms with E-state index in [2.05, 4.69) is 20.1 Å². The molecule has 3 rings (SSSR count). The normalized spacial score (nSPS) is 16.9. The maximum Gasteiger partial charge on any atom is 0.234 e. The number of hydrogen-bond donors (Lipinski definition) is 1. The molecular weight excluding hydrogens is 383 g/mol. The average molecular weight is 407 g/mol. The molecule has 1 aliphatic rings. The van der Waals surface area contributed by atoms with Gasteiger partial charge in [0.1, 0.15) is 0 Å². The summed E-state index contributed by atoms with van der Waals surface area (Å²) in [6.07, 6.45) is 1.82. The van der Waals surface area contributed by atoms with E-state index in [4.69, 9.17) is 23.2 Å². The number of pyridine rings is 1. The molecule has 1 amide bonds. The highest BCUT2D eigenvalue weighted by molar-refractivity contribution is 6.35. The first-order chi connectivity index (χ1) is 13.0. The summed E-state index contributed by atoms with van der Waals surface area (Å²) < 4.78 is 0. The molecule has 1 aromatic heterocycles. The molecule has 1 fully saturated rings. The van der Waals surface area contributed by atoms with Crippen LogP contribution in [0.2, 0.25) is 10.0 Å². The molecule has 1 aliphatic heterocycles. The van der Waals surface area contributed by atoms with Gasteiger partial charge in [0.2, 0.25) is 5.91 Å². The first-order valence-electron chi connectivity index (χ1n) is 9.10. The van der Waals surface area contributed by atoms with Gasteiger partial charge in [-0.05, 0) is 36.8 Å². The topological polar surface area (TPSA) is 48.5 Å². The summed E-state index contributed by atoms with van der Waals surface area (Å²) in [5.41, 5.74) is 1.95. The number of rotatable bonds is 6. The Bertz CT molecular complexity index is 764. The van der Waals surface area contributed by atoms with Crippen LogP contribution in [0.1, 0.15) is 24.2 Å². The van der Waals surface area contributed by atoms with E-state index in [0.29, 0.717) is 16.6 Å². The van der Waals surface area contributed by atoms with Crippen LogP contribution in [0.4, 0.5) is 0 Å². The van der Waals surface area contributed by atoms with E-state index in [1.165, 1.54) is 0 Å². The summed E-state index contributed by atoms with van der Waals surface area (Å²) in [6, 6.07) is 11.2. The molecule has 144 valence electrons. The van der Waals surface area contributed by atoms with Gasteiger partial charge < -0.3 is 5.32 Å². The Morgan fingerprint density at radius 3 is 2.56 bits per heavy atom. The van der Waals surface area contributed by atoms with Gasteiger partial charge in [-0.1, -0.05) is 35.3 Å². The van der Waals surface area contributed by atoms with Crippen molar-refractivity contribution in [3.05, 3.63) is 63.9 Å². The first kappa shape index (κ1) is 20.1. The highest BCUT2D eigenvalue weighted by atomic mass is 35.5. The fourth-order valence-corrected chi connectivity index (χ4v) is 3.82. The van der Waals surface area contributed by atoms with Crippen LogP contribution in [-0.4, -0.2) is 53.4 Å². The number of carbonyl (C=O) groups is 1. The van der Waals surface area contributed by atoms with E-state index in [9.17, 15) is 4.79 Å². The fourth-order valence-electron chi connectivity index (χ4n) is 3.25. The minimum atomic E-state index is -0.160. The van der Waals surface area contributed by atoms with Crippen LogP contribution in [0.15, 0.2) is 42.6 Å². The standard InChI is InChI=1S/C20H24Cl2N4O/c1-15(18-6-5-16(21)12-19(18)22)24-20(27)14-26-10-8-25(9-11-26)13-17-4-2-3-7-23-17/h2-7,12,15H,8-11,13-14H2,1H3,(H,24,27). The van der Waals surface area contributed by atoms with E-state index in [0.717, 1.165) is 44.0 Å². The van der Waals surface area contributed by atoms with Crippen molar-refractivity contribution in [3.8, 4) is 0 Å². The minimum absolute atomic E-state index is 0.00620. The van der Waals surface area contributed by atoms with Crippen LogP contribution in [0.25, 0.3) is 0 Å². The van der Waals surface area contributed by atoms with Gasteiger partial charge in [-0.2, -0.15) is 0 Å². The Morgan fingerprint density at radius 1 is 1.15 bits per heavy atom. The van der Waals surface area contributed by atoms with Crippen LogP contribution in [0, 0.1) is 0 Å². The van der Waals surface area contributed by atoms with Gasteiger partial charge in [0.25, 0.3) is 0 Å². The lowest BCUT2D eigenvalue weighted by Crippen LogP contribution is -2.49. The number of aromatic nitrogens is 1. The zero-order valence-electron chi connectivity index (χ0n) is 15.4. The van der Waals surface area contributed by atoms with E-state index in [1.54, 1.807) is 12.1 Å². The highest BCUT2D eigenvalue weighted by Crippen LogP contribution is 2.26. The minimum Gasteiger partial charge on any atom is -0.348 e. The number of halogens is 2. The van der Waals surface area contributed by atoms with E-state index < -0.39 is 0 Å². The number of nitrogens with zero attached hydrogens (tertiary/aromatic N) is 3. The number of piperazine rings is 1. The smallest absolute Gasteiger partial charge is 0.234 e. The van der Waals surface area contributed by atoms with Crippen LogP contribution in [0.5, 0.6) is 0 Å². The molecular formula is C20H24Cl2N4O. The van der Waals surface area contributed by atoms with E-state index in [1.807, 2.05) is 37.4 Å². The fraction of sp³-hybridized carbons (Fsp3) is 0.400. The molecule has 0 radical (unpaired) electrons. The third-order valence-corrected chi connectivity index (χ3v) is 5.31. The Morgan fingerprint density at radius 2 is 1.89 bits per heavy atom. The second kappa shape index (κ2) is 9.51. The van der Waals surface area contributed by atoms with Crippen molar-refractivity contribution < 1.29 is 4.79 Å². The summed E-state index contributed by atoms with van der Waals surface area (Å²) in [6.45, 7) is 6.79. The predicted octanol–water partition coefficient (Wildman–Crippen LogP) is 3.38. The predicted molar refractivity (Wildman–Crippen MR) is 109 cm³/mol. The van der Waals surface area contributed by atoms with Gasteiger partial charge in [0, 0.05) is 49.0 Å². The summed E-state index contributed by atoms with van der Waals surface area (Å²) >= 11 is 12.2. The quantitative estimate of drug-likeness (QED) is 0.798. The van der Waals surface area contributed by atoms with Gasteiger partial charge in [-0.25, -0.2) is 0 Å². The van der Waals surface area contributed by atoms with Crippen LogP contribution in [-0.2, 0) is 11.3 Å². The number of hydrogen-bond acceptors (Lipinski definition) is 4. The SMILES string of the molecule is CC(NC(=O)CN1CCN(Cc2ccccn2)CC1)c1ccc(Cl)cc1Cl. The Hall–Kier alpha value is -1.66. The highest BCUT2D eigenvalue weighted by Gasteiger charge is 2.20. The second-order valence-corrected chi connectivity index (χ2v) is 7.67. The van der Waals surface area contributed by atoms with Crippen molar-refractivity contribution in [2.24, 2.45) is 0 Å². The summed E-state index contributed by atoms with van der Waals surface area (Å²) in [5.74, 6) is 0.00620. The lowest BCUT2D eigenvalue weighted by Gasteiger charge is -2.34. The maximum atomic E-state index is 12.4.